The zero-order valence-corrected chi connectivity index (χ0v) is 16.0. The van der Waals surface area contributed by atoms with Gasteiger partial charge in [0.1, 0.15) is 12.3 Å². The normalized spacial score (nSPS) is 15.3. The molecule has 8 nitrogen and oxygen atoms in total. The average molecular weight is 396 g/mol. The van der Waals surface area contributed by atoms with Gasteiger partial charge in [-0.25, -0.2) is 0 Å². The first-order chi connectivity index (χ1) is 13.7. The Hall–Kier alpha value is -3.68. The number of ketones is 1. The summed E-state index contributed by atoms with van der Waals surface area (Å²) < 4.78 is 5.57. The van der Waals surface area contributed by atoms with Gasteiger partial charge in [-0.2, -0.15) is 0 Å². The highest BCUT2D eigenvalue weighted by molar-refractivity contribution is 6.07. The number of benzene rings is 2. The standard InChI is InChI=1S/C21H20N2O6/c1-12(24)15-5-8-18-17(10-15)23(21(28)13(2)29-18)11-19(25)22-16-6-3-14(4-7-16)9-20(26)27/h3-8,10,13H,9,11H2,1-2H3,(H,22,25)(H,26,27). The molecule has 0 aromatic heterocycles. The number of amides is 2. The van der Waals surface area contributed by atoms with Gasteiger partial charge < -0.3 is 15.2 Å². The van der Waals surface area contributed by atoms with E-state index in [4.69, 9.17) is 9.84 Å². The van der Waals surface area contributed by atoms with Gasteiger partial charge in [-0.3, -0.25) is 24.1 Å². The van der Waals surface area contributed by atoms with Crippen LogP contribution in [0.4, 0.5) is 11.4 Å². The Morgan fingerprint density at radius 1 is 1.14 bits per heavy atom. The van der Waals surface area contributed by atoms with Gasteiger partial charge in [0.2, 0.25) is 5.91 Å². The summed E-state index contributed by atoms with van der Waals surface area (Å²) in [6.45, 7) is 2.76. The number of carboxylic acid groups (broad SMARTS) is 1. The van der Waals surface area contributed by atoms with E-state index in [9.17, 15) is 19.2 Å². The van der Waals surface area contributed by atoms with Crippen molar-refractivity contribution in [3.05, 3.63) is 53.6 Å². The van der Waals surface area contributed by atoms with E-state index < -0.39 is 18.0 Å². The molecule has 2 N–H and O–H groups in total. The van der Waals surface area contributed by atoms with E-state index in [1.54, 1.807) is 43.3 Å². The highest BCUT2D eigenvalue weighted by Crippen LogP contribution is 2.35. The molecule has 150 valence electrons. The van der Waals surface area contributed by atoms with Crippen LogP contribution in [0.15, 0.2) is 42.5 Å². The number of anilines is 2. The first kappa shape index (κ1) is 20.1. The van der Waals surface area contributed by atoms with Crippen molar-refractivity contribution in [2.24, 2.45) is 0 Å². The average Bonchev–Trinajstić information content (AvgIpc) is 2.66. The Morgan fingerprint density at radius 2 is 1.83 bits per heavy atom. The zero-order chi connectivity index (χ0) is 21.1. The van der Waals surface area contributed by atoms with Gasteiger partial charge in [0.15, 0.2) is 11.9 Å². The van der Waals surface area contributed by atoms with Gasteiger partial charge in [0, 0.05) is 11.3 Å². The molecule has 1 unspecified atom stereocenters. The van der Waals surface area contributed by atoms with E-state index in [-0.39, 0.29) is 24.7 Å². The minimum atomic E-state index is -0.940. The summed E-state index contributed by atoms with van der Waals surface area (Å²) in [6.07, 6.45) is -0.863. The van der Waals surface area contributed by atoms with Crippen molar-refractivity contribution in [2.75, 3.05) is 16.8 Å². The minimum Gasteiger partial charge on any atom is -0.481 e. The van der Waals surface area contributed by atoms with Gasteiger partial charge in [0.25, 0.3) is 5.91 Å². The molecule has 3 rings (SSSR count). The molecule has 2 aromatic carbocycles. The molecule has 29 heavy (non-hydrogen) atoms. The second kappa shape index (κ2) is 8.14. The predicted octanol–water partition coefficient (Wildman–Crippen LogP) is 2.27. The molecule has 0 spiro atoms. The second-order valence-corrected chi connectivity index (χ2v) is 6.74. The molecule has 2 aromatic rings. The number of Topliss-reactive ketones (excluding diaryl/α,β-unsaturated/α-hetero) is 1. The number of hydrogen-bond acceptors (Lipinski definition) is 5. The SMILES string of the molecule is CC(=O)c1ccc2c(c1)N(CC(=O)Nc1ccc(CC(=O)O)cc1)C(=O)C(C)O2. The molecule has 0 aliphatic carbocycles. The maximum absolute atomic E-state index is 12.6. The summed E-state index contributed by atoms with van der Waals surface area (Å²) >= 11 is 0. The first-order valence-corrected chi connectivity index (χ1v) is 8.98. The van der Waals surface area contributed by atoms with Gasteiger partial charge >= 0.3 is 5.97 Å². The van der Waals surface area contributed by atoms with Crippen molar-refractivity contribution in [1.29, 1.82) is 0 Å². The molecule has 0 bridgehead atoms. The number of carbonyl (C=O) groups is 4. The lowest BCUT2D eigenvalue weighted by atomic mass is 10.1. The third-order valence-electron chi connectivity index (χ3n) is 4.47. The van der Waals surface area contributed by atoms with E-state index in [1.165, 1.54) is 17.9 Å². The Bertz CT molecular complexity index is 983. The van der Waals surface area contributed by atoms with E-state index >= 15 is 0 Å². The summed E-state index contributed by atoms with van der Waals surface area (Å²) in [5, 5.41) is 11.5. The van der Waals surface area contributed by atoms with Crippen molar-refractivity contribution in [3.8, 4) is 5.75 Å². The van der Waals surface area contributed by atoms with E-state index in [0.29, 0.717) is 28.3 Å². The van der Waals surface area contributed by atoms with Gasteiger partial charge in [0.05, 0.1) is 12.1 Å². The van der Waals surface area contributed by atoms with E-state index in [1.807, 2.05) is 0 Å². The molecule has 2 amide bonds. The smallest absolute Gasteiger partial charge is 0.307 e. The van der Waals surface area contributed by atoms with Crippen LogP contribution in [0.2, 0.25) is 0 Å². The minimum absolute atomic E-state index is 0.107. The Balaban J connectivity index is 1.77. The van der Waals surface area contributed by atoms with Crippen LogP contribution in [0.1, 0.15) is 29.8 Å². The van der Waals surface area contributed by atoms with Crippen LogP contribution in [-0.4, -0.2) is 41.3 Å². The number of nitrogens with zero attached hydrogens (tertiary/aromatic N) is 1. The Kier molecular flexibility index (Phi) is 5.63. The fourth-order valence-corrected chi connectivity index (χ4v) is 3.01. The van der Waals surface area contributed by atoms with Crippen molar-refractivity contribution in [2.45, 2.75) is 26.4 Å². The lowest BCUT2D eigenvalue weighted by Crippen LogP contribution is -2.47. The largest absolute Gasteiger partial charge is 0.481 e. The van der Waals surface area contributed by atoms with Crippen LogP contribution >= 0.6 is 0 Å². The number of hydrogen-bond donors (Lipinski definition) is 2. The first-order valence-electron chi connectivity index (χ1n) is 8.98. The molecule has 0 radical (unpaired) electrons. The van der Waals surface area contributed by atoms with Gasteiger partial charge in [-0.15, -0.1) is 0 Å². The summed E-state index contributed by atoms with van der Waals surface area (Å²) in [6, 6.07) is 11.2. The monoisotopic (exact) mass is 396 g/mol. The van der Waals surface area contributed by atoms with Crippen LogP contribution in [0.3, 0.4) is 0 Å². The number of carbonyl (C=O) groups excluding carboxylic acids is 3. The maximum atomic E-state index is 12.6. The number of fused-ring (bicyclic) bond motifs is 1. The maximum Gasteiger partial charge on any atom is 0.307 e. The highest BCUT2D eigenvalue weighted by atomic mass is 16.5. The summed E-state index contributed by atoms with van der Waals surface area (Å²) in [4.78, 5) is 48.8. The quantitative estimate of drug-likeness (QED) is 0.724. The molecule has 0 fully saturated rings. The summed E-state index contributed by atoms with van der Waals surface area (Å²) in [5.41, 5.74) is 1.87. The molecule has 1 aliphatic rings. The van der Waals surface area contributed by atoms with Gasteiger partial charge in [-0.1, -0.05) is 12.1 Å². The van der Waals surface area contributed by atoms with Crippen LogP contribution < -0.4 is 15.0 Å². The highest BCUT2D eigenvalue weighted by Gasteiger charge is 2.33. The number of aliphatic carboxylic acids is 1. The van der Waals surface area contributed by atoms with E-state index in [2.05, 4.69) is 5.32 Å². The number of rotatable bonds is 6. The van der Waals surface area contributed by atoms with Crippen molar-refractivity contribution < 1.29 is 29.0 Å². The topological polar surface area (TPSA) is 113 Å². The van der Waals surface area contributed by atoms with Crippen molar-refractivity contribution in [1.82, 2.24) is 0 Å². The molecule has 8 heteroatoms. The van der Waals surface area contributed by atoms with E-state index in [0.717, 1.165) is 0 Å². The second-order valence-electron chi connectivity index (χ2n) is 6.74. The molecular formula is C21H20N2O6. The van der Waals surface area contributed by atoms with Crippen LogP contribution in [0, 0.1) is 0 Å². The Morgan fingerprint density at radius 3 is 2.45 bits per heavy atom. The lowest BCUT2D eigenvalue weighted by Gasteiger charge is -2.32. The molecule has 1 heterocycles. The number of nitrogens with one attached hydrogen (secondary N) is 1. The lowest BCUT2D eigenvalue weighted by molar-refractivity contribution is -0.136. The molecule has 0 saturated heterocycles. The third kappa shape index (κ3) is 4.60. The number of ether oxygens (including phenoxy) is 1. The van der Waals surface area contributed by atoms with Crippen molar-refractivity contribution >= 4 is 34.9 Å². The fraction of sp³-hybridized carbons (Fsp3) is 0.238. The molecule has 0 saturated carbocycles. The fourth-order valence-electron chi connectivity index (χ4n) is 3.01. The predicted molar refractivity (Wildman–Crippen MR) is 105 cm³/mol. The number of carboxylic acids is 1. The van der Waals surface area contributed by atoms with Crippen molar-refractivity contribution in [3.63, 3.8) is 0 Å². The molecular weight excluding hydrogens is 376 g/mol. The van der Waals surface area contributed by atoms with Crippen LogP contribution in [0.5, 0.6) is 5.75 Å². The summed E-state index contributed by atoms with van der Waals surface area (Å²) in [5.74, 6) is -1.49. The summed E-state index contributed by atoms with van der Waals surface area (Å²) in [7, 11) is 0. The Labute approximate surface area is 167 Å². The van der Waals surface area contributed by atoms with Crippen LogP contribution in [0.25, 0.3) is 0 Å². The molecule has 1 atom stereocenters. The zero-order valence-electron chi connectivity index (χ0n) is 16.0. The molecule has 1 aliphatic heterocycles. The third-order valence-corrected chi connectivity index (χ3v) is 4.47. The van der Waals surface area contributed by atoms with Crippen LogP contribution in [-0.2, 0) is 20.8 Å². The van der Waals surface area contributed by atoms with Gasteiger partial charge in [-0.05, 0) is 49.7 Å².